The Morgan fingerprint density at radius 1 is 0.919 bits per heavy atom. The van der Waals surface area contributed by atoms with E-state index in [1.165, 1.54) is 24.3 Å². The maximum atomic E-state index is 12.7. The Bertz CT molecular complexity index is 1470. The van der Waals surface area contributed by atoms with Gasteiger partial charge in [0.2, 0.25) is 5.13 Å². The number of carbonyl (C=O) groups is 3. The minimum Gasteiger partial charge on any atom is -0.506 e. The summed E-state index contributed by atoms with van der Waals surface area (Å²) in [5.41, 5.74) is 1.91. The molecule has 188 valence electrons. The van der Waals surface area contributed by atoms with Gasteiger partial charge < -0.3 is 15.2 Å². The number of anilines is 2. The number of hydrogen-bond acceptors (Lipinski definition) is 8. The van der Waals surface area contributed by atoms with E-state index < -0.39 is 12.0 Å². The van der Waals surface area contributed by atoms with E-state index in [9.17, 15) is 19.5 Å². The van der Waals surface area contributed by atoms with Crippen molar-refractivity contribution in [3.05, 3.63) is 87.4 Å². The van der Waals surface area contributed by atoms with Crippen molar-refractivity contribution in [2.24, 2.45) is 0 Å². The van der Waals surface area contributed by atoms with Gasteiger partial charge in [0.25, 0.3) is 0 Å². The first kappa shape index (κ1) is 26.1. The molecule has 1 heterocycles. The summed E-state index contributed by atoms with van der Waals surface area (Å²) in [5, 5.41) is 24.1. The van der Waals surface area contributed by atoms with Crippen molar-refractivity contribution < 1.29 is 24.2 Å². The Morgan fingerprint density at radius 2 is 1.54 bits per heavy atom. The Morgan fingerprint density at radius 3 is 2.19 bits per heavy atom. The summed E-state index contributed by atoms with van der Waals surface area (Å²) in [6.07, 6.45) is 0. The molecule has 0 radical (unpaired) electrons. The SMILES string of the molecule is CCOC(=O)c1ccc(C(=O)c2ccc(NC(=O)Nc3nnc(-c4cc(Cl)cc(Cl)c4O)s3)cc2)cc1. The number of nitrogens with one attached hydrogen (secondary N) is 2. The number of amides is 2. The van der Waals surface area contributed by atoms with Crippen molar-refractivity contribution in [1.29, 1.82) is 0 Å². The molecule has 0 aliphatic heterocycles. The largest absolute Gasteiger partial charge is 0.506 e. The van der Waals surface area contributed by atoms with E-state index >= 15 is 0 Å². The third-order valence-corrected chi connectivity index (χ3v) is 6.35. The lowest BCUT2D eigenvalue weighted by molar-refractivity contribution is 0.0526. The number of phenolic OH excluding ortho intramolecular Hbond substituents is 1. The van der Waals surface area contributed by atoms with Gasteiger partial charge in [-0.15, -0.1) is 10.2 Å². The van der Waals surface area contributed by atoms with E-state index in [4.69, 9.17) is 27.9 Å². The molecule has 0 aliphatic rings. The number of ketones is 1. The maximum Gasteiger partial charge on any atom is 0.338 e. The Labute approximate surface area is 225 Å². The first-order valence-corrected chi connectivity index (χ1v) is 12.3. The second kappa shape index (κ2) is 11.4. The zero-order chi connectivity index (χ0) is 26.5. The lowest BCUT2D eigenvalue weighted by Gasteiger charge is -2.07. The van der Waals surface area contributed by atoms with Gasteiger partial charge in [-0.05, 0) is 55.5 Å². The molecule has 1 aromatic heterocycles. The molecule has 0 aliphatic carbocycles. The molecule has 0 spiro atoms. The standard InChI is InChI=1S/C25H18Cl2N4O5S/c1-2-36-23(34)15-5-3-13(4-6-15)20(32)14-7-9-17(10-8-14)28-24(35)29-25-31-30-22(37-25)18-11-16(26)12-19(27)21(18)33/h3-12,33H,2H2,1H3,(H2,28,29,31,35). The van der Waals surface area contributed by atoms with Crippen LogP contribution in [0.25, 0.3) is 10.6 Å². The smallest absolute Gasteiger partial charge is 0.338 e. The highest BCUT2D eigenvalue weighted by Gasteiger charge is 2.16. The first-order chi connectivity index (χ1) is 17.7. The van der Waals surface area contributed by atoms with E-state index in [2.05, 4.69) is 20.8 Å². The van der Waals surface area contributed by atoms with Crippen LogP contribution in [0.4, 0.5) is 15.6 Å². The summed E-state index contributed by atoms with van der Waals surface area (Å²) in [7, 11) is 0. The molecule has 4 aromatic rings. The number of ether oxygens (including phenoxy) is 1. The lowest BCUT2D eigenvalue weighted by Crippen LogP contribution is -2.19. The minimum atomic E-state index is -0.579. The molecule has 0 saturated carbocycles. The predicted octanol–water partition coefficient (Wildman–Crippen LogP) is 6.27. The van der Waals surface area contributed by atoms with E-state index in [0.29, 0.717) is 38.0 Å². The molecule has 4 rings (SSSR count). The molecule has 9 nitrogen and oxygen atoms in total. The fourth-order valence-electron chi connectivity index (χ4n) is 3.21. The summed E-state index contributed by atoms with van der Waals surface area (Å²) in [4.78, 5) is 36.9. The van der Waals surface area contributed by atoms with Gasteiger partial charge in [-0.2, -0.15) is 0 Å². The average Bonchev–Trinajstić information content (AvgIpc) is 3.34. The van der Waals surface area contributed by atoms with Gasteiger partial charge in [0, 0.05) is 21.8 Å². The van der Waals surface area contributed by atoms with Crippen LogP contribution in [-0.2, 0) is 4.74 Å². The van der Waals surface area contributed by atoms with E-state index in [1.54, 1.807) is 43.3 Å². The number of phenols is 1. The molecule has 0 bridgehead atoms. The highest BCUT2D eigenvalue weighted by Crippen LogP contribution is 2.39. The molecular formula is C25H18Cl2N4O5S. The lowest BCUT2D eigenvalue weighted by atomic mass is 10.0. The van der Waals surface area contributed by atoms with Crippen LogP contribution in [0.15, 0.2) is 60.7 Å². The van der Waals surface area contributed by atoms with Crippen LogP contribution in [0.1, 0.15) is 33.2 Å². The number of aromatic hydroxyl groups is 1. The van der Waals surface area contributed by atoms with Gasteiger partial charge in [0.1, 0.15) is 5.75 Å². The van der Waals surface area contributed by atoms with Gasteiger partial charge in [0.05, 0.1) is 22.8 Å². The van der Waals surface area contributed by atoms with Crippen molar-refractivity contribution in [1.82, 2.24) is 10.2 Å². The molecule has 3 N–H and O–H groups in total. The zero-order valence-electron chi connectivity index (χ0n) is 19.1. The van der Waals surface area contributed by atoms with Crippen molar-refractivity contribution in [2.45, 2.75) is 6.92 Å². The fraction of sp³-hybridized carbons (Fsp3) is 0.0800. The molecule has 0 fully saturated rings. The summed E-state index contributed by atoms with van der Waals surface area (Å²) >= 11 is 13.0. The number of hydrogen-bond donors (Lipinski definition) is 3. The predicted molar refractivity (Wildman–Crippen MR) is 142 cm³/mol. The van der Waals surface area contributed by atoms with Crippen molar-refractivity contribution in [3.8, 4) is 16.3 Å². The Balaban J connectivity index is 1.37. The van der Waals surface area contributed by atoms with E-state index in [1.807, 2.05) is 0 Å². The van der Waals surface area contributed by atoms with E-state index in [0.717, 1.165) is 11.3 Å². The zero-order valence-corrected chi connectivity index (χ0v) is 21.4. The molecule has 2 amide bonds. The van der Waals surface area contributed by atoms with Crippen LogP contribution in [0.3, 0.4) is 0 Å². The van der Waals surface area contributed by atoms with Gasteiger partial charge >= 0.3 is 12.0 Å². The molecule has 3 aromatic carbocycles. The molecule has 0 unspecified atom stereocenters. The normalized spacial score (nSPS) is 10.6. The highest BCUT2D eigenvalue weighted by atomic mass is 35.5. The summed E-state index contributed by atoms with van der Waals surface area (Å²) in [6, 6.07) is 14.8. The van der Waals surface area contributed by atoms with Crippen LogP contribution in [0, 0.1) is 0 Å². The summed E-state index contributed by atoms with van der Waals surface area (Å²) in [5.74, 6) is -0.882. The maximum absolute atomic E-state index is 12.7. The molecule has 37 heavy (non-hydrogen) atoms. The van der Waals surface area contributed by atoms with Crippen molar-refractivity contribution in [3.63, 3.8) is 0 Å². The monoisotopic (exact) mass is 556 g/mol. The van der Waals surface area contributed by atoms with Crippen LogP contribution in [0.5, 0.6) is 5.75 Å². The quantitative estimate of drug-likeness (QED) is 0.180. The fourth-order valence-corrected chi connectivity index (χ4v) is 4.46. The number of nitrogens with zero attached hydrogens (tertiary/aromatic N) is 2. The van der Waals surface area contributed by atoms with Gasteiger partial charge in [-0.25, -0.2) is 9.59 Å². The van der Waals surface area contributed by atoms with Gasteiger partial charge in [-0.1, -0.05) is 46.7 Å². The first-order valence-electron chi connectivity index (χ1n) is 10.8. The van der Waals surface area contributed by atoms with Crippen LogP contribution < -0.4 is 10.6 Å². The Hall–Kier alpha value is -3.99. The molecule has 0 atom stereocenters. The van der Waals surface area contributed by atoms with Crippen molar-refractivity contribution in [2.75, 3.05) is 17.2 Å². The second-order valence-corrected chi connectivity index (χ2v) is 9.30. The number of carbonyl (C=O) groups excluding carboxylic acids is 3. The molecular weight excluding hydrogens is 539 g/mol. The summed E-state index contributed by atoms with van der Waals surface area (Å²) in [6.45, 7) is 1.98. The van der Waals surface area contributed by atoms with Crippen LogP contribution >= 0.6 is 34.5 Å². The Kier molecular flexibility index (Phi) is 8.02. The number of rotatable bonds is 7. The second-order valence-electron chi connectivity index (χ2n) is 7.48. The summed E-state index contributed by atoms with van der Waals surface area (Å²) < 4.78 is 4.94. The van der Waals surface area contributed by atoms with Crippen LogP contribution in [0.2, 0.25) is 10.0 Å². The number of benzene rings is 3. The molecule has 12 heteroatoms. The minimum absolute atomic E-state index is 0.0700. The topological polar surface area (TPSA) is 131 Å². The van der Waals surface area contributed by atoms with Crippen LogP contribution in [-0.4, -0.2) is 39.7 Å². The third kappa shape index (κ3) is 6.23. The average molecular weight is 557 g/mol. The number of urea groups is 1. The van der Waals surface area contributed by atoms with E-state index in [-0.39, 0.29) is 28.3 Å². The van der Waals surface area contributed by atoms with Crippen molar-refractivity contribution >= 4 is 63.1 Å². The number of halogens is 2. The number of esters is 1. The highest BCUT2D eigenvalue weighted by molar-refractivity contribution is 7.18. The third-order valence-electron chi connectivity index (χ3n) is 4.97. The van der Waals surface area contributed by atoms with Gasteiger partial charge in [-0.3, -0.25) is 10.1 Å². The number of aromatic nitrogens is 2. The molecule has 0 saturated heterocycles. The van der Waals surface area contributed by atoms with Gasteiger partial charge in [0.15, 0.2) is 10.8 Å².